The van der Waals surface area contributed by atoms with Crippen LogP contribution in [0.3, 0.4) is 0 Å². The Kier molecular flexibility index (Phi) is 6.05. The molecular weight excluding hydrogens is 386 g/mol. The molecule has 1 amide bonds. The van der Waals surface area contributed by atoms with Crippen molar-refractivity contribution in [1.82, 2.24) is 24.5 Å². The number of nitrogens with zero attached hydrogens (tertiary/aromatic N) is 5. The summed E-state index contributed by atoms with van der Waals surface area (Å²) in [5, 5.41) is 4.91. The molecule has 1 atom stereocenters. The van der Waals surface area contributed by atoms with Gasteiger partial charge >= 0.3 is 0 Å². The van der Waals surface area contributed by atoms with E-state index in [0.717, 1.165) is 24.2 Å². The fourth-order valence-electron chi connectivity index (χ4n) is 3.28. The Hall–Kier alpha value is -1.68. The van der Waals surface area contributed by atoms with Crippen molar-refractivity contribution in [2.75, 3.05) is 23.8 Å². The van der Waals surface area contributed by atoms with Crippen molar-refractivity contribution in [3.8, 4) is 0 Å². The normalized spacial score (nSPS) is 18.9. The molecule has 3 heterocycles. The van der Waals surface area contributed by atoms with Crippen LogP contribution in [0, 0.1) is 13.8 Å². The molecule has 0 radical (unpaired) electrons. The SMILES string of the molecule is CCCCN(C(=O)CSc1nc2nc(C)cc(C)n2n1)[C@@H]1CCS(=O)(=O)C1. The van der Waals surface area contributed by atoms with Crippen molar-refractivity contribution < 1.29 is 13.2 Å². The van der Waals surface area contributed by atoms with Crippen LogP contribution in [0.1, 0.15) is 37.6 Å². The molecule has 1 saturated heterocycles. The molecule has 0 aliphatic carbocycles. The van der Waals surface area contributed by atoms with Gasteiger partial charge in [0.15, 0.2) is 9.84 Å². The van der Waals surface area contributed by atoms with Gasteiger partial charge in [0.05, 0.1) is 17.3 Å². The second kappa shape index (κ2) is 8.14. The molecule has 1 aliphatic heterocycles. The molecule has 27 heavy (non-hydrogen) atoms. The Morgan fingerprint density at radius 2 is 2.15 bits per heavy atom. The predicted octanol–water partition coefficient (Wildman–Crippen LogP) is 1.65. The highest BCUT2D eigenvalue weighted by molar-refractivity contribution is 7.99. The predicted molar refractivity (Wildman–Crippen MR) is 105 cm³/mol. The van der Waals surface area contributed by atoms with E-state index >= 15 is 0 Å². The number of thioether (sulfide) groups is 1. The first kappa shape index (κ1) is 20.1. The van der Waals surface area contributed by atoms with E-state index in [0.29, 0.717) is 23.9 Å². The average Bonchev–Trinajstić information content (AvgIpc) is 3.16. The second-order valence-corrected chi connectivity index (χ2v) is 10.1. The smallest absolute Gasteiger partial charge is 0.253 e. The van der Waals surface area contributed by atoms with Crippen molar-refractivity contribution in [3.63, 3.8) is 0 Å². The highest BCUT2D eigenvalue weighted by atomic mass is 32.2. The Labute approximate surface area is 163 Å². The fraction of sp³-hybridized carbons (Fsp3) is 0.647. The quantitative estimate of drug-likeness (QED) is 0.639. The molecule has 8 nitrogen and oxygen atoms in total. The lowest BCUT2D eigenvalue weighted by atomic mass is 10.2. The maximum absolute atomic E-state index is 12.8. The molecule has 0 aromatic carbocycles. The maximum Gasteiger partial charge on any atom is 0.253 e. The first-order valence-electron chi connectivity index (χ1n) is 9.13. The summed E-state index contributed by atoms with van der Waals surface area (Å²) in [5.41, 5.74) is 1.80. The molecule has 1 aliphatic rings. The third kappa shape index (κ3) is 4.78. The topological polar surface area (TPSA) is 97.5 Å². The van der Waals surface area contributed by atoms with Gasteiger partial charge in [0.1, 0.15) is 0 Å². The van der Waals surface area contributed by atoms with E-state index in [1.807, 2.05) is 19.9 Å². The van der Waals surface area contributed by atoms with Gasteiger partial charge in [-0.15, -0.1) is 5.10 Å². The van der Waals surface area contributed by atoms with Gasteiger partial charge in [-0.05, 0) is 32.8 Å². The minimum Gasteiger partial charge on any atom is -0.338 e. The summed E-state index contributed by atoms with van der Waals surface area (Å²) >= 11 is 1.27. The van der Waals surface area contributed by atoms with E-state index in [2.05, 4.69) is 22.0 Å². The Bertz CT molecular complexity index is 941. The number of sulfone groups is 1. The third-order valence-electron chi connectivity index (χ3n) is 4.65. The lowest BCUT2D eigenvalue weighted by Crippen LogP contribution is -2.42. The zero-order chi connectivity index (χ0) is 19.6. The molecular formula is C17H25N5O3S2. The number of fused-ring (bicyclic) bond motifs is 1. The zero-order valence-electron chi connectivity index (χ0n) is 15.9. The van der Waals surface area contributed by atoms with E-state index in [-0.39, 0.29) is 29.2 Å². The summed E-state index contributed by atoms with van der Waals surface area (Å²) in [6.45, 7) is 6.48. The number of amides is 1. The van der Waals surface area contributed by atoms with Crippen molar-refractivity contribution in [2.24, 2.45) is 0 Å². The van der Waals surface area contributed by atoms with Crippen LogP contribution in [0.4, 0.5) is 0 Å². The standard InChI is InChI=1S/C17H25N5O3S2/c1-4-5-7-21(14-6-8-27(24,25)11-14)15(23)10-26-17-19-16-18-12(2)9-13(3)22(16)20-17/h9,14H,4-8,10-11H2,1-3H3/t14-/m1/s1. The molecule has 2 aromatic rings. The van der Waals surface area contributed by atoms with E-state index in [9.17, 15) is 13.2 Å². The Morgan fingerprint density at radius 1 is 1.37 bits per heavy atom. The molecule has 3 rings (SSSR count). The molecule has 0 saturated carbocycles. The fourth-order valence-corrected chi connectivity index (χ4v) is 5.71. The summed E-state index contributed by atoms with van der Waals surface area (Å²) in [4.78, 5) is 23.3. The van der Waals surface area contributed by atoms with Gasteiger partial charge in [0.25, 0.3) is 5.78 Å². The van der Waals surface area contributed by atoms with Gasteiger partial charge in [0, 0.05) is 24.0 Å². The summed E-state index contributed by atoms with van der Waals surface area (Å²) in [6.07, 6.45) is 2.34. The number of hydrogen-bond donors (Lipinski definition) is 0. The lowest BCUT2D eigenvalue weighted by molar-refractivity contribution is -0.130. The van der Waals surface area contributed by atoms with Gasteiger partial charge in [-0.1, -0.05) is 25.1 Å². The van der Waals surface area contributed by atoms with E-state index in [4.69, 9.17) is 0 Å². The minimum atomic E-state index is -3.03. The number of rotatable bonds is 7. The molecule has 0 N–H and O–H groups in total. The molecule has 0 bridgehead atoms. The van der Waals surface area contributed by atoms with Crippen LogP contribution >= 0.6 is 11.8 Å². The largest absolute Gasteiger partial charge is 0.338 e. The molecule has 0 spiro atoms. The monoisotopic (exact) mass is 411 g/mol. The van der Waals surface area contributed by atoms with Gasteiger partial charge in [-0.2, -0.15) is 4.98 Å². The second-order valence-electron chi connectivity index (χ2n) is 6.93. The van der Waals surface area contributed by atoms with Crippen LogP contribution in [-0.2, 0) is 14.6 Å². The molecule has 2 aromatic heterocycles. The van der Waals surface area contributed by atoms with Crippen molar-refractivity contribution >= 4 is 33.3 Å². The summed E-state index contributed by atoms with van der Waals surface area (Å²) in [7, 11) is -3.03. The van der Waals surface area contributed by atoms with E-state index in [1.54, 1.807) is 9.42 Å². The number of aryl methyl sites for hydroxylation is 2. The highest BCUT2D eigenvalue weighted by Crippen LogP contribution is 2.21. The number of carbonyl (C=O) groups is 1. The summed E-state index contributed by atoms with van der Waals surface area (Å²) in [5.74, 6) is 0.887. The van der Waals surface area contributed by atoms with Crippen LogP contribution in [0.5, 0.6) is 0 Å². The van der Waals surface area contributed by atoms with Gasteiger partial charge in [-0.3, -0.25) is 4.79 Å². The van der Waals surface area contributed by atoms with Gasteiger partial charge in [-0.25, -0.2) is 17.9 Å². The average molecular weight is 412 g/mol. The van der Waals surface area contributed by atoms with Gasteiger partial charge < -0.3 is 4.90 Å². The summed E-state index contributed by atoms with van der Waals surface area (Å²) in [6, 6.07) is 1.71. The lowest BCUT2D eigenvalue weighted by Gasteiger charge is -2.28. The Balaban J connectivity index is 1.69. The number of aromatic nitrogens is 4. The highest BCUT2D eigenvalue weighted by Gasteiger charge is 2.34. The summed E-state index contributed by atoms with van der Waals surface area (Å²) < 4.78 is 25.3. The van der Waals surface area contributed by atoms with Crippen molar-refractivity contribution in [2.45, 2.75) is 51.2 Å². The van der Waals surface area contributed by atoms with Crippen LogP contribution in [-0.4, -0.2) is 68.7 Å². The van der Waals surface area contributed by atoms with Crippen LogP contribution in [0.15, 0.2) is 11.2 Å². The number of carbonyl (C=O) groups excluding carboxylic acids is 1. The number of hydrogen-bond acceptors (Lipinski definition) is 7. The van der Waals surface area contributed by atoms with Crippen molar-refractivity contribution in [1.29, 1.82) is 0 Å². The zero-order valence-corrected chi connectivity index (χ0v) is 17.5. The molecule has 0 unspecified atom stereocenters. The van der Waals surface area contributed by atoms with E-state index in [1.165, 1.54) is 11.8 Å². The first-order valence-corrected chi connectivity index (χ1v) is 11.9. The number of unbranched alkanes of at least 4 members (excludes halogenated alkanes) is 1. The molecule has 148 valence electrons. The van der Waals surface area contributed by atoms with Crippen molar-refractivity contribution in [3.05, 3.63) is 17.5 Å². The van der Waals surface area contributed by atoms with Crippen LogP contribution in [0.2, 0.25) is 0 Å². The Morgan fingerprint density at radius 3 is 2.81 bits per heavy atom. The van der Waals surface area contributed by atoms with Gasteiger partial charge in [0.2, 0.25) is 11.1 Å². The van der Waals surface area contributed by atoms with E-state index < -0.39 is 9.84 Å². The molecule has 1 fully saturated rings. The maximum atomic E-state index is 12.8. The molecule has 10 heteroatoms. The van der Waals surface area contributed by atoms with Crippen LogP contribution in [0.25, 0.3) is 5.78 Å². The first-order chi connectivity index (χ1) is 12.8. The third-order valence-corrected chi connectivity index (χ3v) is 7.22. The minimum absolute atomic E-state index is 0.0599. The van der Waals surface area contributed by atoms with Crippen LogP contribution < -0.4 is 0 Å².